The molecular weight excluding hydrogens is 428 g/mol. The molecule has 0 spiro atoms. The molecular formula is C19H23BrN4O2S. The van der Waals surface area contributed by atoms with Crippen LogP contribution in [0.1, 0.15) is 37.4 Å². The minimum Gasteiger partial charge on any atom is -0.466 e. The van der Waals surface area contributed by atoms with Crippen LogP contribution < -0.4 is 10.3 Å². The zero-order valence-corrected chi connectivity index (χ0v) is 17.7. The van der Waals surface area contributed by atoms with E-state index in [1.165, 1.54) is 36.3 Å². The summed E-state index contributed by atoms with van der Waals surface area (Å²) < 4.78 is 5.97. The van der Waals surface area contributed by atoms with Crippen LogP contribution >= 0.6 is 27.3 Å². The number of hydrazone groups is 1. The Morgan fingerprint density at radius 3 is 3.00 bits per heavy atom. The van der Waals surface area contributed by atoms with E-state index < -0.39 is 0 Å². The monoisotopic (exact) mass is 450 g/mol. The number of anilines is 2. The zero-order chi connectivity index (χ0) is 19.1. The maximum atomic E-state index is 11.5. The number of carbonyl (C=O) groups excluding carboxylic acids is 1. The second-order valence-corrected chi connectivity index (χ2v) is 8.02. The fourth-order valence-electron chi connectivity index (χ4n) is 3.01. The minimum absolute atomic E-state index is 0.181. The molecule has 1 fully saturated rings. The van der Waals surface area contributed by atoms with E-state index in [0.29, 0.717) is 17.4 Å². The molecule has 6 nitrogen and oxygen atoms in total. The van der Waals surface area contributed by atoms with Crippen molar-refractivity contribution >= 4 is 50.3 Å². The summed E-state index contributed by atoms with van der Waals surface area (Å²) in [5.41, 5.74) is 5.90. The molecule has 0 bridgehead atoms. The first-order valence-corrected chi connectivity index (χ1v) is 10.8. The van der Waals surface area contributed by atoms with Crippen molar-refractivity contribution in [1.29, 1.82) is 0 Å². The van der Waals surface area contributed by atoms with E-state index in [-0.39, 0.29) is 12.4 Å². The van der Waals surface area contributed by atoms with Gasteiger partial charge in [-0.2, -0.15) is 5.10 Å². The van der Waals surface area contributed by atoms with Gasteiger partial charge in [0.25, 0.3) is 0 Å². The number of ether oxygens (including phenoxy) is 1. The summed E-state index contributed by atoms with van der Waals surface area (Å²) in [7, 11) is 0. The molecule has 0 atom stereocenters. The smallest absolute Gasteiger partial charge is 0.311 e. The van der Waals surface area contributed by atoms with Crippen molar-refractivity contribution in [2.24, 2.45) is 5.10 Å². The van der Waals surface area contributed by atoms with Crippen molar-refractivity contribution in [2.45, 2.75) is 32.6 Å². The summed E-state index contributed by atoms with van der Waals surface area (Å²) in [4.78, 5) is 18.3. The molecule has 0 radical (unpaired) electrons. The maximum absolute atomic E-state index is 11.5. The Hall–Kier alpha value is -1.93. The summed E-state index contributed by atoms with van der Waals surface area (Å²) in [5.74, 6) is -0.266. The average Bonchev–Trinajstić information content (AvgIpc) is 3.10. The van der Waals surface area contributed by atoms with E-state index in [1.807, 2.05) is 11.6 Å². The molecule has 1 N–H and O–H groups in total. The molecule has 0 aliphatic carbocycles. The van der Waals surface area contributed by atoms with Crippen molar-refractivity contribution in [3.8, 4) is 0 Å². The molecule has 1 aliphatic rings. The second kappa shape index (κ2) is 9.85. The number of halogens is 1. The Balaban J connectivity index is 1.65. The SMILES string of the molecule is CCOC(=O)Cc1csc(NN=Cc2cc(Br)ccc2N2CCCCC2)n1. The molecule has 0 amide bonds. The third-order valence-electron chi connectivity index (χ3n) is 4.23. The summed E-state index contributed by atoms with van der Waals surface area (Å²) in [5, 5.41) is 6.84. The van der Waals surface area contributed by atoms with E-state index in [2.05, 4.69) is 54.5 Å². The van der Waals surface area contributed by atoms with Crippen molar-refractivity contribution in [1.82, 2.24) is 4.98 Å². The van der Waals surface area contributed by atoms with Crippen LogP contribution in [0.5, 0.6) is 0 Å². The molecule has 3 rings (SSSR count). The third-order valence-corrected chi connectivity index (χ3v) is 5.52. The maximum Gasteiger partial charge on any atom is 0.311 e. The van der Waals surface area contributed by atoms with Gasteiger partial charge < -0.3 is 9.64 Å². The van der Waals surface area contributed by atoms with Crippen LogP contribution in [0, 0.1) is 0 Å². The molecule has 1 aromatic carbocycles. The van der Waals surface area contributed by atoms with Crippen molar-refractivity contribution < 1.29 is 9.53 Å². The normalized spacial score (nSPS) is 14.5. The van der Waals surface area contributed by atoms with Gasteiger partial charge in [-0.05, 0) is 44.4 Å². The molecule has 144 valence electrons. The molecule has 1 aliphatic heterocycles. The Bertz CT molecular complexity index is 803. The van der Waals surface area contributed by atoms with E-state index in [0.717, 1.165) is 23.1 Å². The number of carbonyl (C=O) groups is 1. The van der Waals surface area contributed by atoms with Crippen molar-refractivity contribution in [3.63, 3.8) is 0 Å². The Morgan fingerprint density at radius 2 is 2.22 bits per heavy atom. The van der Waals surface area contributed by atoms with Gasteiger partial charge in [0.05, 0.1) is 24.9 Å². The molecule has 2 heterocycles. The van der Waals surface area contributed by atoms with Gasteiger partial charge in [-0.25, -0.2) is 4.98 Å². The van der Waals surface area contributed by atoms with Gasteiger partial charge in [0, 0.05) is 34.2 Å². The standard InChI is InChI=1S/C19H23BrN4O2S/c1-2-26-18(25)11-16-13-27-19(22-16)23-21-12-14-10-15(20)6-7-17(14)24-8-4-3-5-9-24/h6-7,10,12-13H,2-5,8-9,11H2,1H3,(H,22,23). The van der Waals surface area contributed by atoms with Gasteiger partial charge >= 0.3 is 5.97 Å². The predicted octanol–water partition coefficient (Wildman–Crippen LogP) is 4.45. The molecule has 0 unspecified atom stereocenters. The number of benzene rings is 1. The number of rotatable bonds is 7. The second-order valence-electron chi connectivity index (χ2n) is 6.25. The Kier molecular flexibility index (Phi) is 7.23. The van der Waals surface area contributed by atoms with Crippen molar-refractivity contribution in [2.75, 3.05) is 30.0 Å². The van der Waals surface area contributed by atoms with E-state index >= 15 is 0 Å². The number of thiazole rings is 1. The highest BCUT2D eigenvalue weighted by molar-refractivity contribution is 9.10. The topological polar surface area (TPSA) is 66.8 Å². The highest BCUT2D eigenvalue weighted by atomic mass is 79.9. The number of piperidine rings is 1. The molecule has 27 heavy (non-hydrogen) atoms. The number of aromatic nitrogens is 1. The van der Waals surface area contributed by atoms with Gasteiger partial charge in [0.1, 0.15) is 0 Å². The summed E-state index contributed by atoms with van der Waals surface area (Å²) in [6, 6.07) is 6.28. The highest BCUT2D eigenvalue weighted by Gasteiger charge is 2.14. The van der Waals surface area contributed by atoms with Crippen molar-refractivity contribution in [3.05, 3.63) is 39.3 Å². The van der Waals surface area contributed by atoms with Crippen LogP contribution in [0.2, 0.25) is 0 Å². The molecule has 2 aromatic rings. The minimum atomic E-state index is -0.266. The fourth-order valence-corrected chi connectivity index (χ4v) is 4.05. The fraction of sp³-hybridized carbons (Fsp3) is 0.421. The highest BCUT2D eigenvalue weighted by Crippen LogP contribution is 2.26. The quantitative estimate of drug-likeness (QED) is 0.383. The number of nitrogens with one attached hydrogen (secondary N) is 1. The number of nitrogens with zero attached hydrogens (tertiary/aromatic N) is 3. The van der Waals surface area contributed by atoms with Gasteiger partial charge in [-0.3, -0.25) is 10.2 Å². The number of esters is 1. The first kappa shape index (κ1) is 19.8. The van der Waals surface area contributed by atoms with Crippen LogP contribution in [0.3, 0.4) is 0 Å². The largest absolute Gasteiger partial charge is 0.466 e. The van der Waals surface area contributed by atoms with E-state index in [1.54, 1.807) is 6.92 Å². The lowest BCUT2D eigenvalue weighted by Crippen LogP contribution is -2.30. The van der Waals surface area contributed by atoms with Crippen LogP contribution in [0.15, 0.2) is 33.2 Å². The lowest BCUT2D eigenvalue weighted by Gasteiger charge is -2.30. The van der Waals surface area contributed by atoms with Crippen LogP contribution in [0.4, 0.5) is 10.8 Å². The Morgan fingerprint density at radius 1 is 1.41 bits per heavy atom. The summed E-state index contributed by atoms with van der Waals surface area (Å²) in [6.45, 7) is 4.34. The number of hydrogen-bond acceptors (Lipinski definition) is 7. The van der Waals surface area contributed by atoms with E-state index in [9.17, 15) is 4.79 Å². The van der Waals surface area contributed by atoms with Crippen LogP contribution in [0.25, 0.3) is 0 Å². The van der Waals surface area contributed by atoms with Gasteiger partial charge in [-0.1, -0.05) is 15.9 Å². The Labute approximate surface area is 171 Å². The summed E-state index contributed by atoms with van der Waals surface area (Å²) in [6.07, 6.45) is 5.76. The van der Waals surface area contributed by atoms with Gasteiger partial charge in [-0.15, -0.1) is 11.3 Å². The first-order valence-electron chi connectivity index (χ1n) is 9.09. The first-order chi connectivity index (χ1) is 13.2. The lowest BCUT2D eigenvalue weighted by atomic mass is 10.1. The van der Waals surface area contributed by atoms with Crippen LogP contribution in [-0.2, 0) is 16.0 Å². The molecule has 8 heteroatoms. The zero-order valence-electron chi connectivity index (χ0n) is 15.3. The predicted molar refractivity (Wildman–Crippen MR) is 114 cm³/mol. The molecule has 1 aromatic heterocycles. The molecule has 0 saturated carbocycles. The lowest BCUT2D eigenvalue weighted by molar-refractivity contribution is -0.142. The van der Waals surface area contributed by atoms with Gasteiger partial charge in [0.2, 0.25) is 5.13 Å². The summed E-state index contributed by atoms with van der Waals surface area (Å²) >= 11 is 4.96. The average molecular weight is 451 g/mol. The third kappa shape index (κ3) is 5.77. The van der Waals surface area contributed by atoms with E-state index in [4.69, 9.17) is 4.74 Å². The van der Waals surface area contributed by atoms with Gasteiger partial charge in [0.15, 0.2) is 0 Å². The molecule has 1 saturated heterocycles. The van der Waals surface area contributed by atoms with Crippen LogP contribution in [-0.4, -0.2) is 36.9 Å². The number of hydrogen-bond donors (Lipinski definition) is 1.